The number of guanidine groups is 2. The highest BCUT2D eigenvalue weighted by Crippen LogP contribution is 2.09. The van der Waals surface area contributed by atoms with Gasteiger partial charge in [0, 0.05) is 39.3 Å². The van der Waals surface area contributed by atoms with Gasteiger partial charge in [-0.2, -0.15) is 11.8 Å². The first-order valence-electron chi connectivity index (χ1n) is 19.0. The van der Waals surface area contributed by atoms with Crippen LogP contribution in [0, 0.1) is 0 Å². The molecule has 20 N–H and O–H groups in total. The molecule has 61 heavy (non-hydrogen) atoms. The summed E-state index contributed by atoms with van der Waals surface area (Å²) in [6.07, 6.45) is -0.915. The Labute approximate surface area is 355 Å². The third-order valence-electron chi connectivity index (χ3n) is 8.36. The number of rotatable bonds is 32. The summed E-state index contributed by atoms with van der Waals surface area (Å²) in [5.41, 5.74) is 32.2. The van der Waals surface area contributed by atoms with Gasteiger partial charge in [-0.15, -0.1) is 0 Å². The zero-order valence-corrected chi connectivity index (χ0v) is 34.9. The summed E-state index contributed by atoms with van der Waals surface area (Å²) in [6, 6.07) is -8.59. The Morgan fingerprint density at radius 2 is 0.820 bits per heavy atom. The molecule has 0 rings (SSSR count). The molecule has 0 spiro atoms. The zero-order chi connectivity index (χ0) is 46.7. The van der Waals surface area contributed by atoms with Gasteiger partial charge in [-0.3, -0.25) is 57.9 Å². The van der Waals surface area contributed by atoms with Crippen LogP contribution in [0.1, 0.15) is 77.6 Å². The topological polar surface area (TPSA) is 464 Å². The fourth-order valence-electron chi connectivity index (χ4n) is 5.30. The van der Waals surface area contributed by atoms with Crippen molar-refractivity contribution in [2.75, 3.05) is 25.1 Å². The smallest absolute Gasteiger partial charge is 0.303 e. The lowest BCUT2D eigenvalue weighted by Crippen LogP contribution is -2.59. The van der Waals surface area contributed by atoms with Gasteiger partial charge in [-0.1, -0.05) is 0 Å². The van der Waals surface area contributed by atoms with Gasteiger partial charge in [0.2, 0.25) is 47.3 Å². The van der Waals surface area contributed by atoms with Crippen LogP contribution in [-0.4, -0.2) is 143 Å². The quantitative estimate of drug-likeness (QED) is 0.0170. The highest BCUT2D eigenvalue weighted by molar-refractivity contribution is 7.98. The third-order valence-corrected chi connectivity index (χ3v) is 9.00. The van der Waals surface area contributed by atoms with E-state index in [2.05, 4.69) is 41.9 Å². The monoisotopic (exact) mass is 888 g/mol. The molecule has 0 saturated heterocycles. The predicted molar refractivity (Wildman–Crippen MR) is 221 cm³/mol. The van der Waals surface area contributed by atoms with Crippen LogP contribution in [0.25, 0.3) is 0 Å². The number of carbonyl (C=O) groups is 10. The molecule has 27 heteroatoms. The number of aliphatic carboxylic acids is 2. The Bertz CT molecular complexity index is 1610. The Hall–Kier alpha value is -6.41. The lowest BCUT2D eigenvalue weighted by Gasteiger charge is -2.27. The number of aliphatic imine (C=N–C) groups is 2. The molecule has 0 aliphatic heterocycles. The summed E-state index contributed by atoms with van der Waals surface area (Å²) in [7, 11) is 0. The lowest BCUT2D eigenvalue weighted by atomic mass is 10.0. The van der Waals surface area contributed by atoms with E-state index in [-0.39, 0.29) is 69.3 Å². The molecular weight excluding hydrogens is 829 g/mol. The van der Waals surface area contributed by atoms with Crippen molar-refractivity contribution in [1.29, 1.82) is 0 Å². The summed E-state index contributed by atoms with van der Waals surface area (Å²) >= 11 is 1.27. The number of hydrogen-bond donors (Lipinski definition) is 14. The Kier molecular flexibility index (Phi) is 26.6. The minimum Gasteiger partial charge on any atom is -0.481 e. The number of thioether (sulfide) groups is 1. The normalized spacial score (nSPS) is 13.5. The van der Waals surface area contributed by atoms with E-state index in [0.29, 0.717) is 0 Å². The van der Waals surface area contributed by atoms with Crippen LogP contribution >= 0.6 is 11.8 Å². The molecule has 0 saturated carbocycles. The minimum atomic E-state index is -1.61. The van der Waals surface area contributed by atoms with Gasteiger partial charge in [0.25, 0.3) is 0 Å². The van der Waals surface area contributed by atoms with Crippen LogP contribution in [0.3, 0.4) is 0 Å². The van der Waals surface area contributed by atoms with Crippen molar-refractivity contribution in [2.45, 2.75) is 114 Å². The van der Waals surface area contributed by atoms with Crippen LogP contribution in [0.2, 0.25) is 0 Å². The van der Waals surface area contributed by atoms with E-state index in [1.807, 2.05) is 0 Å². The van der Waals surface area contributed by atoms with E-state index >= 15 is 0 Å². The summed E-state index contributed by atoms with van der Waals surface area (Å²) in [5, 5.41) is 32.8. The van der Waals surface area contributed by atoms with Crippen LogP contribution in [0.15, 0.2) is 9.98 Å². The van der Waals surface area contributed by atoms with Crippen molar-refractivity contribution in [3.63, 3.8) is 0 Å². The zero-order valence-electron chi connectivity index (χ0n) is 34.1. The highest BCUT2D eigenvalue weighted by Gasteiger charge is 2.33. The molecule has 0 heterocycles. The van der Waals surface area contributed by atoms with Crippen LogP contribution < -0.4 is 66.3 Å². The Balaban J connectivity index is 6.54. The molecular formula is C34H60N14O12S. The van der Waals surface area contributed by atoms with Gasteiger partial charge >= 0.3 is 11.9 Å². The fraction of sp³-hybridized carbons (Fsp3) is 0.647. The molecule has 0 bridgehead atoms. The molecule has 0 aromatic rings. The number of carboxylic acid groups (broad SMARTS) is 2. The van der Waals surface area contributed by atoms with Crippen molar-refractivity contribution < 1.29 is 58.2 Å². The summed E-state index contributed by atoms with van der Waals surface area (Å²) in [5.74, 6) is -10.0. The number of carbonyl (C=O) groups excluding carboxylic acids is 8. The second-order valence-corrected chi connectivity index (χ2v) is 14.5. The van der Waals surface area contributed by atoms with Crippen LogP contribution in [0.5, 0.6) is 0 Å². The first kappa shape index (κ1) is 54.6. The van der Waals surface area contributed by atoms with Gasteiger partial charge in [0.15, 0.2) is 11.9 Å². The standard InChI is InChI=1S/C34H60N14O12S/c1-17(49)43-19(5-3-14-41-33(37)38)28(56)45-20(6-4-15-42-34(39)40)29(57)46-21(7-10-24(35)50)31(59)48-23(13-16-61-2)32(60)47-22(9-12-26(53)54)30(58)44-18(27(36)55)8-11-25(51)52/h18-23H,3-16H2,1-2H3,(H2,35,50)(H2,36,55)(H,43,49)(H,44,58)(H,45,56)(H,46,57)(H,47,60)(H,48,59)(H,51,52)(H,53,54)(H4,37,38,41)(H4,39,40,42)/t18-,19-,20-,21-,22-,23-/m0/s1. The molecule has 344 valence electrons. The molecule has 0 aliphatic rings. The molecule has 0 radical (unpaired) electrons. The van der Waals surface area contributed by atoms with E-state index in [1.54, 1.807) is 6.26 Å². The maximum absolute atomic E-state index is 13.8. The van der Waals surface area contributed by atoms with Crippen molar-refractivity contribution in [2.24, 2.45) is 44.4 Å². The van der Waals surface area contributed by atoms with E-state index in [9.17, 15) is 53.1 Å². The van der Waals surface area contributed by atoms with E-state index in [1.165, 1.54) is 18.7 Å². The van der Waals surface area contributed by atoms with E-state index < -0.39 is 128 Å². The lowest BCUT2D eigenvalue weighted by molar-refractivity contribution is -0.139. The fourth-order valence-corrected chi connectivity index (χ4v) is 5.77. The molecule has 0 fully saturated rings. The summed E-state index contributed by atoms with van der Waals surface area (Å²) in [4.78, 5) is 134. The maximum atomic E-state index is 13.8. The average molecular weight is 889 g/mol. The molecule has 6 atom stereocenters. The highest BCUT2D eigenvalue weighted by atomic mass is 32.2. The second kappa shape index (κ2) is 29.7. The van der Waals surface area contributed by atoms with Gasteiger partial charge < -0.3 is 76.5 Å². The van der Waals surface area contributed by atoms with Gasteiger partial charge in [0.05, 0.1) is 0 Å². The molecule has 26 nitrogen and oxygen atoms in total. The number of carboxylic acids is 2. The number of nitrogens with one attached hydrogen (secondary N) is 6. The van der Waals surface area contributed by atoms with Crippen molar-refractivity contribution in [3.8, 4) is 0 Å². The van der Waals surface area contributed by atoms with E-state index in [4.69, 9.17) is 39.5 Å². The molecule has 0 aromatic heterocycles. The molecule has 0 unspecified atom stereocenters. The van der Waals surface area contributed by atoms with Crippen LogP contribution in [-0.2, 0) is 47.9 Å². The first-order valence-corrected chi connectivity index (χ1v) is 20.4. The number of primary amides is 2. The predicted octanol–water partition coefficient (Wildman–Crippen LogP) is -5.74. The van der Waals surface area contributed by atoms with Crippen molar-refractivity contribution in [3.05, 3.63) is 0 Å². The summed E-state index contributed by atoms with van der Waals surface area (Å²) in [6.45, 7) is 1.34. The first-order chi connectivity index (χ1) is 28.6. The number of hydrogen-bond acceptors (Lipinski definition) is 13. The molecule has 0 aromatic carbocycles. The maximum Gasteiger partial charge on any atom is 0.303 e. The summed E-state index contributed by atoms with van der Waals surface area (Å²) < 4.78 is 0. The molecule has 0 aliphatic carbocycles. The van der Waals surface area contributed by atoms with Gasteiger partial charge in [-0.25, -0.2) is 0 Å². The van der Waals surface area contributed by atoms with Crippen molar-refractivity contribution >= 4 is 82.9 Å². The number of nitrogens with zero attached hydrogens (tertiary/aromatic N) is 2. The SMILES string of the molecule is CSCC[C@H](NC(=O)[C@H](CCC(N)=O)NC(=O)[C@H](CCCN=C(N)N)NC(=O)[C@H](CCCN=C(N)N)NC(C)=O)C(=O)N[C@@H](CCC(=O)O)C(=O)N[C@@H](CCC(=O)O)C(N)=O. The number of nitrogens with two attached hydrogens (primary N) is 6. The van der Waals surface area contributed by atoms with Crippen LogP contribution in [0.4, 0.5) is 0 Å². The van der Waals surface area contributed by atoms with Gasteiger partial charge in [0.1, 0.15) is 36.3 Å². The Morgan fingerprint density at radius 3 is 1.15 bits per heavy atom. The van der Waals surface area contributed by atoms with Gasteiger partial charge in [-0.05, 0) is 63.4 Å². The third kappa shape index (κ3) is 25.6. The second-order valence-electron chi connectivity index (χ2n) is 13.5. The Morgan fingerprint density at radius 1 is 0.492 bits per heavy atom. The largest absolute Gasteiger partial charge is 0.481 e. The molecule has 8 amide bonds. The van der Waals surface area contributed by atoms with E-state index in [0.717, 1.165) is 0 Å². The minimum absolute atomic E-state index is 0.0322. The average Bonchev–Trinajstić information content (AvgIpc) is 3.16. The number of amides is 8. The van der Waals surface area contributed by atoms with Crippen molar-refractivity contribution in [1.82, 2.24) is 31.9 Å².